The van der Waals surface area contributed by atoms with Gasteiger partial charge in [0.1, 0.15) is 0 Å². The normalized spacial score (nSPS) is 17.0. The maximum absolute atomic E-state index is 3.93. The minimum absolute atomic E-state index is 0.747. The molecule has 1 aliphatic rings. The lowest BCUT2D eigenvalue weighted by Gasteiger charge is -1.88. The number of rotatable bonds is 0. The summed E-state index contributed by atoms with van der Waals surface area (Å²) >= 11 is 3.25. The fourth-order valence-electron chi connectivity index (χ4n) is 0.359. The summed E-state index contributed by atoms with van der Waals surface area (Å²) in [6.45, 7) is 0.747. The first-order valence-corrected chi connectivity index (χ1v) is 2.78. The van der Waals surface area contributed by atoms with Gasteiger partial charge in [0.2, 0.25) is 0 Å². The van der Waals surface area contributed by atoms with Gasteiger partial charge in [0.05, 0.1) is 11.0 Å². The minimum atomic E-state index is 0.747. The molecule has 0 N–H and O–H groups in total. The lowest BCUT2D eigenvalue weighted by atomic mass is 10.5. The van der Waals surface area contributed by atoms with Crippen molar-refractivity contribution in [2.24, 2.45) is 4.99 Å². The second-order valence-electron chi connectivity index (χ2n) is 1.21. The molecule has 1 aliphatic heterocycles. The van der Waals surface area contributed by atoms with E-state index in [1.54, 1.807) is 12.3 Å². The van der Waals surface area contributed by atoms with Crippen molar-refractivity contribution in [2.45, 2.75) is 0 Å². The molecule has 0 bridgehead atoms. The SMILES string of the molecule is BrC1=C=CC=NC1. The van der Waals surface area contributed by atoms with Gasteiger partial charge in [0, 0.05) is 6.21 Å². The molecule has 0 aromatic heterocycles. The molecule has 7 heavy (non-hydrogen) atoms. The van der Waals surface area contributed by atoms with E-state index in [1.807, 2.05) is 0 Å². The van der Waals surface area contributed by atoms with Crippen LogP contribution in [-0.4, -0.2) is 12.8 Å². The minimum Gasteiger partial charge on any atom is -0.287 e. The third-order valence-electron chi connectivity index (χ3n) is 0.650. The van der Waals surface area contributed by atoms with Crippen LogP contribution in [0.2, 0.25) is 0 Å². The molecule has 0 radical (unpaired) electrons. The van der Waals surface area contributed by atoms with Crippen LogP contribution in [0.25, 0.3) is 0 Å². The molecule has 2 heteroatoms. The molecule has 0 atom stereocenters. The molecule has 0 aromatic rings. The van der Waals surface area contributed by atoms with Gasteiger partial charge in [-0.3, -0.25) is 4.99 Å². The van der Waals surface area contributed by atoms with Crippen molar-refractivity contribution in [2.75, 3.05) is 6.54 Å². The second kappa shape index (κ2) is 2.10. The summed E-state index contributed by atoms with van der Waals surface area (Å²) in [6, 6.07) is 0. The van der Waals surface area contributed by atoms with Crippen molar-refractivity contribution in [1.82, 2.24) is 0 Å². The van der Waals surface area contributed by atoms with Crippen LogP contribution in [0.1, 0.15) is 0 Å². The van der Waals surface area contributed by atoms with Gasteiger partial charge >= 0.3 is 0 Å². The molecule has 1 rings (SSSR count). The Morgan fingerprint density at radius 2 is 2.71 bits per heavy atom. The molecule has 0 aromatic carbocycles. The van der Waals surface area contributed by atoms with Gasteiger partial charge in [0.15, 0.2) is 0 Å². The number of hydrogen-bond acceptors (Lipinski definition) is 1. The summed E-state index contributed by atoms with van der Waals surface area (Å²) < 4.78 is 1.02. The lowest BCUT2D eigenvalue weighted by Crippen LogP contribution is -1.81. The van der Waals surface area contributed by atoms with E-state index in [0.717, 1.165) is 11.0 Å². The van der Waals surface area contributed by atoms with Crippen LogP contribution in [0.15, 0.2) is 21.3 Å². The first-order valence-electron chi connectivity index (χ1n) is 1.99. The van der Waals surface area contributed by atoms with E-state index in [9.17, 15) is 0 Å². The third-order valence-corrected chi connectivity index (χ3v) is 1.13. The van der Waals surface area contributed by atoms with Gasteiger partial charge in [-0.15, -0.1) is 5.73 Å². The number of hydrogen-bond donors (Lipinski definition) is 0. The molecule has 0 fully saturated rings. The molecule has 0 unspecified atom stereocenters. The summed E-state index contributed by atoms with van der Waals surface area (Å²) in [7, 11) is 0. The van der Waals surface area contributed by atoms with Gasteiger partial charge in [-0.2, -0.15) is 0 Å². The molecule has 0 aliphatic carbocycles. The number of nitrogens with zero attached hydrogens (tertiary/aromatic N) is 1. The van der Waals surface area contributed by atoms with Crippen LogP contribution >= 0.6 is 15.9 Å². The maximum atomic E-state index is 3.93. The third kappa shape index (κ3) is 1.30. The Kier molecular flexibility index (Phi) is 1.45. The van der Waals surface area contributed by atoms with E-state index in [2.05, 4.69) is 26.7 Å². The molecule has 0 saturated carbocycles. The second-order valence-corrected chi connectivity index (χ2v) is 2.16. The van der Waals surface area contributed by atoms with Crippen LogP contribution in [0.5, 0.6) is 0 Å². The molecule has 1 nitrogen and oxygen atoms in total. The van der Waals surface area contributed by atoms with Gasteiger partial charge in [-0.1, -0.05) is 0 Å². The lowest BCUT2D eigenvalue weighted by molar-refractivity contribution is 1.24. The highest BCUT2D eigenvalue weighted by atomic mass is 79.9. The first kappa shape index (κ1) is 4.82. The predicted molar refractivity (Wildman–Crippen MR) is 33.9 cm³/mol. The van der Waals surface area contributed by atoms with Gasteiger partial charge in [-0.25, -0.2) is 0 Å². The summed E-state index contributed by atoms with van der Waals surface area (Å²) in [5, 5.41) is 0. The van der Waals surface area contributed by atoms with E-state index in [-0.39, 0.29) is 0 Å². The van der Waals surface area contributed by atoms with Crippen LogP contribution < -0.4 is 0 Å². The Labute approximate surface area is 50.6 Å². The standard InChI is InChI=1S/C5H4BrN/c6-5-2-1-3-7-4-5/h1,3H,4H2. The Bertz CT molecular complexity index is 151. The Balaban J connectivity index is 2.84. The summed E-state index contributed by atoms with van der Waals surface area (Å²) in [6.07, 6.45) is 3.53. The van der Waals surface area contributed by atoms with Crippen molar-refractivity contribution in [3.8, 4) is 0 Å². The van der Waals surface area contributed by atoms with Crippen LogP contribution in [0, 0.1) is 0 Å². The summed E-state index contributed by atoms with van der Waals surface area (Å²) in [5.74, 6) is 0. The largest absolute Gasteiger partial charge is 0.287 e. The van der Waals surface area contributed by atoms with Gasteiger partial charge < -0.3 is 0 Å². The van der Waals surface area contributed by atoms with Crippen molar-refractivity contribution in [3.63, 3.8) is 0 Å². The average molecular weight is 158 g/mol. The predicted octanol–water partition coefficient (Wildman–Crippen LogP) is 1.50. The number of aliphatic imine (C=N–C) groups is 1. The first-order chi connectivity index (χ1) is 3.39. The van der Waals surface area contributed by atoms with E-state index in [1.165, 1.54) is 0 Å². The van der Waals surface area contributed by atoms with E-state index in [0.29, 0.717) is 0 Å². The Morgan fingerprint density at radius 3 is 3.00 bits per heavy atom. The molecule has 36 valence electrons. The maximum Gasteiger partial charge on any atom is 0.0778 e. The molecular weight excluding hydrogens is 154 g/mol. The van der Waals surface area contributed by atoms with Crippen molar-refractivity contribution in [1.29, 1.82) is 0 Å². The van der Waals surface area contributed by atoms with Crippen molar-refractivity contribution >= 4 is 22.1 Å². The molecule has 0 saturated heterocycles. The fourth-order valence-corrected chi connectivity index (χ4v) is 0.636. The van der Waals surface area contributed by atoms with E-state index < -0.39 is 0 Å². The molecular formula is C5H4BrN. The molecule has 0 amide bonds. The van der Waals surface area contributed by atoms with Crippen molar-refractivity contribution < 1.29 is 0 Å². The summed E-state index contributed by atoms with van der Waals surface area (Å²) in [5.41, 5.74) is 2.94. The van der Waals surface area contributed by atoms with Crippen LogP contribution in [-0.2, 0) is 0 Å². The zero-order chi connectivity index (χ0) is 5.11. The topological polar surface area (TPSA) is 12.4 Å². The highest BCUT2D eigenvalue weighted by Crippen LogP contribution is 2.03. The van der Waals surface area contributed by atoms with Gasteiger partial charge in [0.25, 0.3) is 0 Å². The quantitative estimate of drug-likeness (QED) is 0.473. The van der Waals surface area contributed by atoms with E-state index in [4.69, 9.17) is 0 Å². The summed E-state index contributed by atoms with van der Waals surface area (Å²) in [4.78, 5) is 3.93. The Hall–Kier alpha value is -0.330. The zero-order valence-electron chi connectivity index (χ0n) is 3.69. The zero-order valence-corrected chi connectivity index (χ0v) is 5.27. The van der Waals surface area contributed by atoms with Gasteiger partial charge in [-0.05, 0) is 22.0 Å². The number of halogens is 1. The van der Waals surface area contributed by atoms with Crippen LogP contribution in [0.4, 0.5) is 0 Å². The monoisotopic (exact) mass is 157 g/mol. The fraction of sp³-hybridized carbons (Fsp3) is 0.200. The average Bonchev–Trinajstić information content (AvgIpc) is 1.69. The van der Waals surface area contributed by atoms with Crippen molar-refractivity contribution in [3.05, 3.63) is 16.3 Å². The Morgan fingerprint density at radius 1 is 1.86 bits per heavy atom. The molecule has 1 heterocycles. The van der Waals surface area contributed by atoms with E-state index >= 15 is 0 Å². The van der Waals surface area contributed by atoms with Crippen LogP contribution in [0.3, 0.4) is 0 Å². The smallest absolute Gasteiger partial charge is 0.0778 e. The highest BCUT2D eigenvalue weighted by molar-refractivity contribution is 9.11. The highest BCUT2D eigenvalue weighted by Gasteiger charge is 1.85. The molecule has 0 spiro atoms.